The normalized spacial score (nSPS) is 48.9. The summed E-state index contributed by atoms with van der Waals surface area (Å²) in [6.45, 7) is 10.0. The molecule has 0 aromatic carbocycles. The molecule has 52 heavy (non-hydrogen) atoms. The van der Waals surface area contributed by atoms with Crippen LogP contribution in [-0.4, -0.2) is 112 Å². The summed E-state index contributed by atoms with van der Waals surface area (Å²) in [7, 11) is 0. The molecule has 4 aliphatic carbocycles. The summed E-state index contributed by atoms with van der Waals surface area (Å²) in [5.74, 6) is 0.985. The van der Waals surface area contributed by atoms with Crippen LogP contribution in [0, 0.1) is 23.7 Å². The number of aliphatic hydroxyl groups is 4. The molecule has 4 saturated carbocycles. The lowest BCUT2D eigenvalue weighted by atomic mass is 9.77. The predicted octanol–water partition coefficient (Wildman–Crippen LogP) is 5.51. The second kappa shape index (κ2) is 16.2. The third-order valence-electron chi connectivity index (χ3n) is 14.2. The molecule has 0 bridgehead atoms. The second-order valence-electron chi connectivity index (χ2n) is 18.7. The van der Waals surface area contributed by atoms with Crippen LogP contribution in [0.1, 0.15) is 143 Å². The molecule has 12 atom stereocenters. The molecule has 0 aromatic rings. The van der Waals surface area contributed by atoms with Gasteiger partial charge in [-0.15, -0.1) is 0 Å². The first-order valence-electron chi connectivity index (χ1n) is 21.2. The Labute approximate surface area is 311 Å². The number of hydrogen-bond acceptors (Lipinski definition) is 11. The second-order valence-corrected chi connectivity index (χ2v) is 18.7. The largest absolute Gasteiger partial charge is 0.388 e. The van der Waals surface area contributed by atoms with Crippen LogP contribution >= 0.6 is 0 Å². The highest BCUT2D eigenvalue weighted by molar-refractivity contribution is 4.98. The maximum atomic E-state index is 10.8. The molecule has 0 radical (unpaired) electrons. The summed E-state index contributed by atoms with van der Waals surface area (Å²) in [6.07, 6.45) is 12.6. The van der Waals surface area contributed by atoms with E-state index in [9.17, 15) is 20.4 Å². The third kappa shape index (κ3) is 8.75. The number of rotatable bonds is 6. The summed E-state index contributed by atoms with van der Waals surface area (Å²) in [5, 5.41) is 42.9. The van der Waals surface area contributed by atoms with Crippen molar-refractivity contribution in [3.8, 4) is 0 Å². The molecular formula is C41H70O11. The van der Waals surface area contributed by atoms with Crippen LogP contribution in [0.4, 0.5) is 0 Å². The summed E-state index contributed by atoms with van der Waals surface area (Å²) in [5.41, 5.74) is -0.0733. The SMILES string of the molecule is CC1CCC2(CC1)OC[C@@H]([C@H](O)[C@@H](O)[C@@H]1COC3(CCC(C)CC3)O1)O2.CC1CCCC2(CC[C@@H]([C@H](O)[C@@H](O)[C@@H]3COC4(CCCC(C)C4)O3)O2)C1. The van der Waals surface area contributed by atoms with Gasteiger partial charge in [-0.1, -0.05) is 47.0 Å². The van der Waals surface area contributed by atoms with Crippen LogP contribution in [-0.2, 0) is 33.2 Å². The van der Waals surface area contributed by atoms with Gasteiger partial charge in [-0.3, -0.25) is 0 Å². The monoisotopic (exact) mass is 738 g/mol. The van der Waals surface area contributed by atoms with E-state index in [1.54, 1.807) is 0 Å². The van der Waals surface area contributed by atoms with Crippen LogP contribution in [0.5, 0.6) is 0 Å². The summed E-state index contributed by atoms with van der Waals surface area (Å²) in [6, 6.07) is 0. The van der Waals surface area contributed by atoms with Crippen LogP contribution in [0.3, 0.4) is 0 Å². The summed E-state index contributed by atoms with van der Waals surface area (Å²) in [4.78, 5) is 0. The van der Waals surface area contributed by atoms with Gasteiger partial charge >= 0.3 is 0 Å². The van der Waals surface area contributed by atoms with Crippen molar-refractivity contribution in [1.82, 2.24) is 0 Å². The van der Waals surface area contributed by atoms with Crippen LogP contribution in [0.25, 0.3) is 0 Å². The van der Waals surface area contributed by atoms with Crippen molar-refractivity contribution in [1.29, 1.82) is 0 Å². The van der Waals surface area contributed by atoms with E-state index in [1.807, 2.05) is 0 Å². The molecule has 4 spiro atoms. The van der Waals surface area contributed by atoms with E-state index in [1.165, 1.54) is 19.3 Å². The lowest BCUT2D eigenvalue weighted by Crippen LogP contribution is -2.48. The van der Waals surface area contributed by atoms with Crippen LogP contribution < -0.4 is 0 Å². The van der Waals surface area contributed by atoms with Crippen molar-refractivity contribution in [3.63, 3.8) is 0 Å². The smallest absolute Gasteiger partial charge is 0.169 e. The van der Waals surface area contributed by atoms with Crippen molar-refractivity contribution in [3.05, 3.63) is 0 Å². The molecule has 300 valence electrons. The highest BCUT2D eigenvalue weighted by Gasteiger charge is 2.53. The molecule has 8 fully saturated rings. The molecule has 4 N–H and O–H groups in total. The lowest BCUT2D eigenvalue weighted by Gasteiger charge is -2.38. The van der Waals surface area contributed by atoms with Gasteiger partial charge in [0, 0.05) is 38.5 Å². The lowest BCUT2D eigenvalue weighted by molar-refractivity contribution is -0.220. The average molecular weight is 739 g/mol. The maximum absolute atomic E-state index is 10.8. The Bertz CT molecular complexity index is 1070. The van der Waals surface area contributed by atoms with Gasteiger partial charge in [0.1, 0.15) is 42.7 Å². The minimum Gasteiger partial charge on any atom is -0.388 e. The molecule has 0 aromatic heterocycles. The van der Waals surface area contributed by atoms with Crippen molar-refractivity contribution in [2.24, 2.45) is 23.7 Å². The predicted molar refractivity (Wildman–Crippen MR) is 192 cm³/mol. The Kier molecular flexibility index (Phi) is 12.4. The first-order chi connectivity index (χ1) is 24.8. The zero-order chi connectivity index (χ0) is 36.7. The molecule has 4 aliphatic heterocycles. The molecule has 4 saturated heterocycles. The Morgan fingerprint density at radius 1 is 0.404 bits per heavy atom. The van der Waals surface area contributed by atoms with E-state index in [2.05, 4.69) is 27.7 Å². The number of aliphatic hydroxyl groups excluding tert-OH is 4. The Morgan fingerprint density at radius 2 is 0.827 bits per heavy atom. The highest BCUT2D eigenvalue weighted by Crippen LogP contribution is 2.47. The van der Waals surface area contributed by atoms with Gasteiger partial charge in [0.05, 0.1) is 31.5 Å². The van der Waals surface area contributed by atoms with E-state index in [0.717, 1.165) is 96.3 Å². The van der Waals surface area contributed by atoms with Gasteiger partial charge in [-0.05, 0) is 81.5 Å². The minimum absolute atomic E-state index is 0.0733. The van der Waals surface area contributed by atoms with E-state index in [-0.39, 0.29) is 11.7 Å². The quantitative estimate of drug-likeness (QED) is 0.274. The van der Waals surface area contributed by atoms with Crippen LogP contribution in [0.15, 0.2) is 0 Å². The summed E-state index contributed by atoms with van der Waals surface area (Å²) >= 11 is 0. The van der Waals surface area contributed by atoms with Crippen molar-refractivity contribution >= 4 is 0 Å². The first kappa shape index (κ1) is 39.8. The molecule has 0 amide bonds. The van der Waals surface area contributed by atoms with E-state index in [4.69, 9.17) is 33.2 Å². The van der Waals surface area contributed by atoms with E-state index < -0.39 is 60.1 Å². The van der Waals surface area contributed by atoms with Gasteiger partial charge < -0.3 is 53.6 Å². The Morgan fingerprint density at radius 3 is 1.31 bits per heavy atom. The van der Waals surface area contributed by atoms with Crippen molar-refractivity contribution < 1.29 is 53.6 Å². The Hall–Kier alpha value is -0.440. The number of ether oxygens (including phenoxy) is 7. The minimum atomic E-state index is -1.03. The maximum Gasteiger partial charge on any atom is 0.169 e. The fraction of sp³-hybridized carbons (Fsp3) is 1.00. The molecule has 4 unspecified atom stereocenters. The van der Waals surface area contributed by atoms with Gasteiger partial charge in [-0.25, -0.2) is 0 Å². The highest BCUT2D eigenvalue weighted by atomic mass is 16.8. The molecule has 4 heterocycles. The summed E-state index contributed by atoms with van der Waals surface area (Å²) < 4.78 is 42.6. The van der Waals surface area contributed by atoms with Gasteiger partial charge in [0.2, 0.25) is 0 Å². The topological polar surface area (TPSA) is 146 Å². The third-order valence-corrected chi connectivity index (χ3v) is 14.2. The average Bonchev–Trinajstić information content (AvgIpc) is 3.93. The number of hydrogen-bond donors (Lipinski definition) is 4. The standard InChI is InChI=1S/C21H36O5.C20H34O6/c1-14-5-3-8-20(11-14)10-7-16(25-20)18(22)19(23)17-13-24-21(26-17)9-4-6-15(2)12-21;1-13-3-7-19(8-4-13)23-11-15(25-19)17(21)18(22)16-12-24-20(26-16)9-5-14(2)6-10-20/h14-19,22-23H,3-13H2,1-2H3;13-18,21-22H,3-12H2,1-2H3/t14?,15?,16-,17-,18-,19-,20?,21?;13?,14?,15-,16-,17-,18-,19?,20?/m00/s1. The Balaban J connectivity index is 0.000000162. The first-order valence-corrected chi connectivity index (χ1v) is 21.2. The molecule has 11 heteroatoms. The van der Waals surface area contributed by atoms with Gasteiger partial charge in [0.25, 0.3) is 0 Å². The zero-order valence-corrected chi connectivity index (χ0v) is 32.4. The van der Waals surface area contributed by atoms with E-state index >= 15 is 0 Å². The molecular weight excluding hydrogens is 668 g/mol. The van der Waals surface area contributed by atoms with Gasteiger partial charge in [-0.2, -0.15) is 0 Å². The van der Waals surface area contributed by atoms with Gasteiger partial charge in [0.15, 0.2) is 17.4 Å². The van der Waals surface area contributed by atoms with Crippen molar-refractivity contribution in [2.75, 3.05) is 19.8 Å². The molecule has 8 rings (SSSR count). The van der Waals surface area contributed by atoms with Crippen LogP contribution in [0.2, 0.25) is 0 Å². The molecule has 8 aliphatic rings. The van der Waals surface area contributed by atoms with E-state index in [0.29, 0.717) is 43.5 Å². The molecule has 11 nitrogen and oxygen atoms in total. The fourth-order valence-corrected chi connectivity index (χ4v) is 10.8. The van der Waals surface area contributed by atoms with Crippen molar-refractivity contribution in [2.45, 2.75) is 215 Å². The zero-order valence-electron chi connectivity index (χ0n) is 32.4. The fourth-order valence-electron chi connectivity index (χ4n) is 10.8.